The molecular weight excluding hydrogens is 453 g/mol. The number of nitro groups is 1. The summed E-state index contributed by atoms with van der Waals surface area (Å²) in [6, 6.07) is 11.7. The first-order valence-electron chi connectivity index (χ1n) is 11.9. The second kappa shape index (κ2) is 10.9. The van der Waals surface area contributed by atoms with Crippen LogP contribution in [-0.4, -0.2) is 64.3 Å². The third-order valence-corrected chi connectivity index (χ3v) is 6.67. The van der Waals surface area contributed by atoms with Gasteiger partial charge in [-0.1, -0.05) is 12.1 Å². The quantitative estimate of drug-likeness (QED) is 0.417. The van der Waals surface area contributed by atoms with Crippen molar-refractivity contribution in [2.24, 2.45) is 5.73 Å². The summed E-state index contributed by atoms with van der Waals surface area (Å²) < 4.78 is 13.4. The van der Waals surface area contributed by atoms with Gasteiger partial charge in [0, 0.05) is 56.0 Å². The number of halogens is 1. The van der Waals surface area contributed by atoms with E-state index in [1.165, 1.54) is 36.4 Å². The summed E-state index contributed by atoms with van der Waals surface area (Å²) in [6.07, 6.45) is 3.28. The molecule has 2 aromatic carbocycles. The Morgan fingerprint density at radius 3 is 2.37 bits per heavy atom. The highest BCUT2D eigenvalue weighted by atomic mass is 19.1. The van der Waals surface area contributed by atoms with Gasteiger partial charge in [0.15, 0.2) is 0 Å². The Morgan fingerprint density at radius 1 is 1.09 bits per heavy atom. The molecule has 1 heterocycles. The van der Waals surface area contributed by atoms with Gasteiger partial charge in [-0.3, -0.25) is 24.6 Å². The van der Waals surface area contributed by atoms with E-state index in [-0.39, 0.29) is 23.5 Å². The molecule has 1 saturated heterocycles. The molecule has 186 valence electrons. The zero-order chi connectivity index (χ0) is 24.9. The van der Waals surface area contributed by atoms with Gasteiger partial charge in [-0.2, -0.15) is 0 Å². The second-order valence-corrected chi connectivity index (χ2v) is 9.11. The summed E-state index contributed by atoms with van der Waals surface area (Å²) in [5.74, 6) is -0.977. The van der Waals surface area contributed by atoms with Crippen LogP contribution in [0.3, 0.4) is 0 Å². The molecule has 1 unspecified atom stereocenters. The zero-order valence-electron chi connectivity index (χ0n) is 19.4. The number of piperidine rings is 1. The SMILES string of the molecule is NCCNC(=O)[C@H]1CC(N(Cc2ccc([N+](=O)[O-])cc2)C2CC2)CCN1C(=O)c1ccc(F)cc1. The third-order valence-electron chi connectivity index (χ3n) is 6.67. The molecule has 2 fully saturated rings. The maximum absolute atomic E-state index is 13.4. The highest BCUT2D eigenvalue weighted by molar-refractivity contribution is 5.97. The number of hydrogen-bond donors (Lipinski definition) is 2. The van der Waals surface area contributed by atoms with Crippen molar-refractivity contribution in [3.8, 4) is 0 Å². The first-order chi connectivity index (χ1) is 16.9. The minimum atomic E-state index is -0.670. The summed E-state index contributed by atoms with van der Waals surface area (Å²) in [6.45, 7) is 1.62. The van der Waals surface area contributed by atoms with E-state index in [2.05, 4.69) is 10.2 Å². The highest BCUT2D eigenvalue weighted by Gasteiger charge is 2.42. The van der Waals surface area contributed by atoms with E-state index in [1.54, 1.807) is 17.0 Å². The molecule has 1 saturated carbocycles. The lowest BCUT2D eigenvalue weighted by atomic mass is 9.93. The smallest absolute Gasteiger partial charge is 0.269 e. The molecule has 0 bridgehead atoms. The normalized spacial score (nSPS) is 20.0. The molecule has 0 aromatic heterocycles. The summed E-state index contributed by atoms with van der Waals surface area (Å²) in [5, 5.41) is 13.8. The molecule has 35 heavy (non-hydrogen) atoms. The van der Waals surface area contributed by atoms with Crippen LogP contribution in [-0.2, 0) is 11.3 Å². The van der Waals surface area contributed by atoms with E-state index in [0.717, 1.165) is 18.4 Å². The molecule has 1 aliphatic carbocycles. The Balaban J connectivity index is 1.52. The van der Waals surface area contributed by atoms with Crippen molar-refractivity contribution in [2.45, 2.75) is 50.4 Å². The summed E-state index contributed by atoms with van der Waals surface area (Å²) in [5.41, 5.74) is 6.92. The monoisotopic (exact) mass is 483 g/mol. The number of non-ortho nitro benzene ring substituents is 1. The lowest BCUT2D eigenvalue weighted by molar-refractivity contribution is -0.384. The van der Waals surface area contributed by atoms with Crippen LogP contribution >= 0.6 is 0 Å². The standard InChI is InChI=1S/C25H30FN5O4/c26-19-5-3-18(4-6-19)25(33)29-14-11-22(15-23(29)24(32)28-13-12-27)30(20-9-10-20)16-17-1-7-21(8-2-17)31(34)35/h1-8,20,22-23H,9-16,27H2,(H,28,32)/t22?,23-/m1/s1. The molecular formula is C25H30FN5O4. The Labute approximate surface area is 203 Å². The number of benzene rings is 2. The number of carbonyl (C=O) groups is 2. The number of likely N-dealkylation sites (tertiary alicyclic amines) is 1. The Morgan fingerprint density at radius 2 is 1.77 bits per heavy atom. The molecule has 0 spiro atoms. The molecule has 9 nitrogen and oxygen atoms in total. The van der Waals surface area contributed by atoms with Crippen LogP contribution in [0.15, 0.2) is 48.5 Å². The lowest BCUT2D eigenvalue weighted by Crippen LogP contribution is -2.57. The van der Waals surface area contributed by atoms with Gasteiger partial charge in [-0.05, 0) is 55.5 Å². The summed E-state index contributed by atoms with van der Waals surface area (Å²) >= 11 is 0. The van der Waals surface area contributed by atoms with E-state index in [1.807, 2.05) is 0 Å². The number of nitrogens with zero attached hydrogens (tertiary/aromatic N) is 3. The first kappa shape index (κ1) is 24.7. The minimum Gasteiger partial charge on any atom is -0.353 e. The largest absolute Gasteiger partial charge is 0.353 e. The fourth-order valence-corrected chi connectivity index (χ4v) is 4.71. The average Bonchev–Trinajstić information content (AvgIpc) is 3.71. The van der Waals surface area contributed by atoms with Gasteiger partial charge in [0.05, 0.1) is 4.92 Å². The van der Waals surface area contributed by atoms with Crippen molar-refractivity contribution in [1.29, 1.82) is 0 Å². The molecule has 4 rings (SSSR count). The van der Waals surface area contributed by atoms with Gasteiger partial charge in [-0.25, -0.2) is 4.39 Å². The Bertz CT molecular complexity index is 1060. The van der Waals surface area contributed by atoms with Crippen LogP contribution in [0.1, 0.15) is 41.6 Å². The van der Waals surface area contributed by atoms with Crippen molar-refractivity contribution >= 4 is 17.5 Å². The van der Waals surface area contributed by atoms with Crippen LogP contribution in [0.25, 0.3) is 0 Å². The van der Waals surface area contributed by atoms with Gasteiger partial charge in [-0.15, -0.1) is 0 Å². The van der Waals surface area contributed by atoms with Gasteiger partial charge in [0.1, 0.15) is 11.9 Å². The van der Waals surface area contributed by atoms with E-state index in [4.69, 9.17) is 5.73 Å². The molecule has 2 atom stereocenters. The number of nitro benzene ring substituents is 1. The molecule has 3 N–H and O–H groups in total. The second-order valence-electron chi connectivity index (χ2n) is 9.11. The van der Waals surface area contributed by atoms with E-state index in [0.29, 0.717) is 50.6 Å². The number of hydrogen-bond acceptors (Lipinski definition) is 6. The predicted octanol–water partition coefficient (Wildman–Crippen LogP) is 2.45. The van der Waals surface area contributed by atoms with Crippen LogP contribution in [0.4, 0.5) is 10.1 Å². The van der Waals surface area contributed by atoms with Crippen molar-refractivity contribution in [3.05, 3.63) is 75.6 Å². The Hall–Kier alpha value is -3.37. The number of amides is 2. The third kappa shape index (κ3) is 6.01. The highest BCUT2D eigenvalue weighted by Crippen LogP contribution is 2.35. The van der Waals surface area contributed by atoms with Gasteiger partial charge >= 0.3 is 0 Å². The van der Waals surface area contributed by atoms with Crippen LogP contribution in [0.5, 0.6) is 0 Å². The fraction of sp³-hybridized carbons (Fsp3) is 0.440. The van der Waals surface area contributed by atoms with Gasteiger partial charge in [0.25, 0.3) is 11.6 Å². The molecule has 2 aliphatic rings. The average molecular weight is 484 g/mol. The molecule has 2 amide bonds. The fourth-order valence-electron chi connectivity index (χ4n) is 4.71. The molecule has 2 aromatic rings. The maximum Gasteiger partial charge on any atom is 0.269 e. The predicted molar refractivity (Wildman–Crippen MR) is 128 cm³/mol. The number of rotatable bonds is 9. The molecule has 1 aliphatic heterocycles. The van der Waals surface area contributed by atoms with Crippen LogP contribution < -0.4 is 11.1 Å². The van der Waals surface area contributed by atoms with Crippen LogP contribution in [0, 0.1) is 15.9 Å². The minimum absolute atomic E-state index is 0.0518. The number of carbonyl (C=O) groups excluding carboxylic acids is 2. The zero-order valence-corrected chi connectivity index (χ0v) is 19.4. The number of nitrogens with two attached hydrogens (primary N) is 1. The summed E-state index contributed by atoms with van der Waals surface area (Å²) in [4.78, 5) is 40.8. The van der Waals surface area contributed by atoms with Crippen molar-refractivity contribution < 1.29 is 18.9 Å². The van der Waals surface area contributed by atoms with E-state index < -0.39 is 16.8 Å². The molecule has 0 radical (unpaired) electrons. The van der Waals surface area contributed by atoms with Crippen molar-refractivity contribution in [3.63, 3.8) is 0 Å². The molecule has 10 heteroatoms. The van der Waals surface area contributed by atoms with Crippen LogP contribution in [0.2, 0.25) is 0 Å². The Kier molecular flexibility index (Phi) is 7.72. The van der Waals surface area contributed by atoms with E-state index in [9.17, 15) is 24.1 Å². The van der Waals surface area contributed by atoms with Gasteiger partial charge < -0.3 is 16.0 Å². The lowest BCUT2D eigenvalue weighted by Gasteiger charge is -2.43. The van der Waals surface area contributed by atoms with Gasteiger partial charge in [0.2, 0.25) is 5.91 Å². The van der Waals surface area contributed by atoms with Crippen molar-refractivity contribution in [2.75, 3.05) is 19.6 Å². The first-order valence-corrected chi connectivity index (χ1v) is 11.9. The summed E-state index contributed by atoms with van der Waals surface area (Å²) in [7, 11) is 0. The maximum atomic E-state index is 13.4. The van der Waals surface area contributed by atoms with Crippen molar-refractivity contribution in [1.82, 2.24) is 15.1 Å². The van der Waals surface area contributed by atoms with E-state index >= 15 is 0 Å². The topological polar surface area (TPSA) is 122 Å². The number of nitrogens with one attached hydrogen (secondary N) is 1.